The third kappa shape index (κ3) is 5.01. The number of urea groups is 1. The number of carbonyl (C=O) groups is 3. The number of fused-ring (bicyclic) bond motifs is 1. The van der Waals surface area contributed by atoms with Crippen LogP contribution < -0.4 is 16.0 Å². The monoisotopic (exact) mass is 486 g/mol. The molecule has 2 fully saturated rings. The summed E-state index contributed by atoms with van der Waals surface area (Å²) >= 11 is 0. The fourth-order valence-corrected chi connectivity index (χ4v) is 4.36. The van der Waals surface area contributed by atoms with Crippen molar-refractivity contribution in [3.63, 3.8) is 0 Å². The number of hydrogen-bond donors (Lipinski definition) is 2. The van der Waals surface area contributed by atoms with Crippen LogP contribution >= 0.6 is 0 Å². The molecule has 10 nitrogen and oxygen atoms in total. The fraction of sp³-hybridized carbons (Fsp3) is 0.308. The number of pyridine rings is 1. The summed E-state index contributed by atoms with van der Waals surface area (Å²) in [5.41, 5.74) is 8.42. The first kappa shape index (κ1) is 23.4. The largest absolute Gasteiger partial charge is 0.399 e. The molecule has 2 saturated heterocycles. The van der Waals surface area contributed by atoms with E-state index in [0.717, 1.165) is 18.4 Å². The minimum atomic E-state index is -0.450. The summed E-state index contributed by atoms with van der Waals surface area (Å²) in [6, 6.07) is 10.2. The molecule has 0 aliphatic carbocycles. The highest BCUT2D eigenvalue weighted by molar-refractivity contribution is 6.05. The Hall–Kier alpha value is -4.36. The first-order chi connectivity index (χ1) is 17.5. The first-order valence-corrected chi connectivity index (χ1v) is 11.8. The molecule has 10 heteroatoms. The van der Waals surface area contributed by atoms with Crippen molar-refractivity contribution in [3.8, 4) is 11.8 Å². The molecule has 1 aromatic carbocycles. The molecule has 2 aliphatic rings. The van der Waals surface area contributed by atoms with Crippen molar-refractivity contribution in [2.45, 2.75) is 25.4 Å². The molecule has 0 bridgehead atoms. The van der Waals surface area contributed by atoms with Crippen molar-refractivity contribution in [3.05, 3.63) is 59.9 Å². The van der Waals surface area contributed by atoms with Gasteiger partial charge in [-0.25, -0.2) is 9.78 Å². The third-order valence-corrected chi connectivity index (χ3v) is 6.33. The predicted molar refractivity (Wildman–Crippen MR) is 133 cm³/mol. The van der Waals surface area contributed by atoms with Crippen LogP contribution in [0.2, 0.25) is 0 Å². The van der Waals surface area contributed by atoms with Crippen LogP contribution in [0.1, 0.15) is 35.2 Å². The van der Waals surface area contributed by atoms with Gasteiger partial charge in [-0.3, -0.25) is 24.2 Å². The molecule has 3 aromatic rings. The number of nitrogens with two attached hydrogens (primary N) is 1. The van der Waals surface area contributed by atoms with Crippen LogP contribution in [-0.4, -0.2) is 64.5 Å². The lowest BCUT2D eigenvalue weighted by Crippen LogP contribution is -2.50. The third-order valence-electron chi connectivity index (χ3n) is 6.33. The van der Waals surface area contributed by atoms with Crippen molar-refractivity contribution in [1.82, 2.24) is 19.6 Å². The van der Waals surface area contributed by atoms with Gasteiger partial charge >= 0.3 is 6.03 Å². The van der Waals surface area contributed by atoms with E-state index in [0.29, 0.717) is 49.0 Å². The first-order valence-electron chi connectivity index (χ1n) is 11.8. The lowest BCUT2D eigenvalue weighted by molar-refractivity contribution is -0.120. The number of benzene rings is 1. The number of imidazole rings is 1. The molecule has 4 amide bonds. The van der Waals surface area contributed by atoms with E-state index >= 15 is 0 Å². The molecule has 0 saturated carbocycles. The number of nitrogens with one attached hydrogen (secondary N) is 1. The fourth-order valence-electron chi connectivity index (χ4n) is 4.36. The van der Waals surface area contributed by atoms with E-state index in [1.54, 1.807) is 41.1 Å². The number of imide groups is 1. The number of nitrogens with zero attached hydrogens (tertiary/aromatic N) is 4. The van der Waals surface area contributed by atoms with Crippen LogP contribution in [0, 0.1) is 11.8 Å². The number of piperidine rings is 1. The van der Waals surface area contributed by atoms with Crippen LogP contribution in [0.5, 0.6) is 0 Å². The van der Waals surface area contributed by atoms with E-state index in [-0.39, 0.29) is 24.3 Å². The van der Waals surface area contributed by atoms with Crippen molar-refractivity contribution in [1.29, 1.82) is 0 Å². The van der Waals surface area contributed by atoms with Gasteiger partial charge in [-0.1, -0.05) is 11.8 Å². The second-order valence-corrected chi connectivity index (χ2v) is 8.74. The second kappa shape index (κ2) is 10.1. The molecular weight excluding hydrogens is 460 g/mol. The average molecular weight is 487 g/mol. The van der Waals surface area contributed by atoms with E-state index in [1.807, 2.05) is 17.0 Å². The SMILES string of the molecule is Nc1ccc(C(=O)N2CCC(OCC#Cc3ccn4c(N5CCC(=O)NC5=O)cnc4c3)CC2)cc1. The minimum Gasteiger partial charge on any atom is -0.399 e. The maximum atomic E-state index is 12.6. The highest BCUT2D eigenvalue weighted by atomic mass is 16.5. The molecular formula is C26H26N6O4. The summed E-state index contributed by atoms with van der Waals surface area (Å²) in [7, 11) is 0. The van der Waals surface area contributed by atoms with Gasteiger partial charge in [0.15, 0.2) is 0 Å². The van der Waals surface area contributed by atoms with Crippen molar-refractivity contribution in [2.75, 3.05) is 36.9 Å². The van der Waals surface area contributed by atoms with Gasteiger partial charge in [-0.2, -0.15) is 0 Å². The molecule has 0 radical (unpaired) electrons. The standard InChI is InChI=1S/C26H26N6O4/c27-20-5-3-19(4-6-20)25(34)30-11-8-21(9-12-30)36-15-1-2-18-7-13-31-22(16-18)28-17-24(31)32-14-10-23(33)29-26(32)35/h3-7,13,16-17,21H,8-12,14-15,27H2,(H,29,33,35). The number of rotatable bonds is 4. The van der Waals surface area contributed by atoms with E-state index in [2.05, 4.69) is 22.1 Å². The molecule has 0 unspecified atom stereocenters. The molecule has 5 rings (SSSR count). The normalized spacial score (nSPS) is 16.6. The Morgan fingerprint density at radius 1 is 1.14 bits per heavy atom. The molecule has 0 atom stereocenters. The van der Waals surface area contributed by atoms with Crippen LogP contribution in [0.3, 0.4) is 0 Å². The lowest BCUT2D eigenvalue weighted by Gasteiger charge is -2.31. The molecule has 4 heterocycles. The number of likely N-dealkylation sites (tertiary alicyclic amines) is 1. The van der Waals surface area contributed by atoms with Crippen molar-refractivity contribution >= 4 is 35.0 Å². The number of carbonyl (C=O) groups excluding carboxylic acids is 3. The van der Waals surface area contributed by atoms with E-state index < -0.39 is 6.03 Å². The summed E-state index contributed by atoms with van der Waals surface area (Å²) in [5.74, 6) is 6.47. The summed E-state index contributed by atoms with van der Waals surface area (Å²) in [5, 5.41) is 2.32. The van der Waals surface area contributed by atoms with Crippen molar-refractivity contribution in [2.24, 2.45) is 0 Å². The topological polar surface area (TPSA) is 122 Å². The molecule has 2 aliphatic heterocycles. The molecule has 2 aromatic heterocycles. The van der Waals surface area contributed by atoms with Gasteiger partial charge in [-0.05, 0) is 49.2 Å². The minimum absolute atomic E-state index is 0.0141. The van der Waals surface area contributed by atoms with Crippen LogP contribution in [0.25, 0.3) is 5.65 Å². The smallest absolute Gasteiger partial charge is 0.329 e. The Kier molecular flexibility index (Phi) is 6.56. The Morgan fingerprint density at radius 3 is 2.67 bits per heavy atom. The summed E-state index contributed by atoms with van der Waals surface area (Å²) in [4.78, 5) is 43.9. The van der Waals surface area contributed by atoms with E-state index in [4.69, 9.17) is 10.5 Å². The second-order valence-electron chi connectivity index (χ2n) is 8.74. The zero-order chi connectivity index (χ0) is 25.1. The van der Waals surface area contributed by atoms with Gasteiger partial charge in [0, 0.05) is 49.1 Å². The quantitative estimate of drug-likeness (QED) is 0.430. The number of nitrogen functional groups attached to an aromatic ring is 1. The summed E-state index contributed by atoms with van der Waals surface area (Å²) in [6.45, 7) is 1.89. The number of amides is 4. The van der Waals surface area contributed by atoms with Crippen molar-refractivity contribution < 1.29 is 19.1 Å². The average Bonchev–Trinajstić information content (AvgIpc) is 3.30. The molecule has 184 valence electrons. The van der Waals surface area contributed by atoms with Crippen LogP contribution in [0.15, 0.2) is 48.8 Å². The lowest BCUT2D eigenvalue weighted by atomic mass is 10.1. The van der Waals surface area contributed by atoms with Gasteiger partial charge in [0.1, 0.15) is 18.1 Å². The van der Waals surface area contributed by atoms with Gasteiger partial charge in [0.2, 0.25) is 5.91 Å². The summed E-state index contributed by atoms with van der Waals surface area (Å²) < 4.78 is 7.71. The van der Waals surface area contributed by atoms with Gasteiger partial charge < -0.3 is 15.4 Å². The van der Waals surface area contributed by atoms with Gasteiger partial charge in [-0.15, -0.1) is 0 Å². The summed E-state index contributed by atoms with van der Waals surface area (Å²) in [6.07, 6.45) is 5.26. The Morgan fingerprint density at radius 2 is 1.92 bits per heavy atom. The van der Waals surface area contributed by atoms with Gasteiger partial charge in [0.25, 0.3) is 5.91 Å². The predicted octanol–water partition coefficient (Wildman–Crippen LogP) is 2.04. The van der Waals surface area contributed by atoms with Crippen LogP contribution in [-0.2, 0) is 9.53 Å². The number of anilines is 2. The number of ether oxygens (including phenoxy) is 1. The highest BCUT2D eigenvalue weighted by Gasteiger charge is 2.26. The maximum Gasteiger partial charge on any atom is 0.329 e. The Balaban J connectivity index is 1.13. The molecule has 3 N–H and O–H groups in total. The zero-order valence-corrected chi connectivity index (χ0v) is 19.6. The number of hydrogen-bond acceptors (Lipinski definition) is 6. The van der Waals surface area contributed by atoms with E-state index in [1.165, 1.54) is 4.90 Å². The number of aromatic nitrogens is 2. The van der Waals surface area contributed by atoms with E-state index in [9.17, 15) is 14.4 Å². The molecule has 0 spiro atoms. The Labute approximate surface area is 208 Å². The zero-order valence-electron chi connectivity index (χ0n) is 19.6. The van der Waals surface area contributed by atoms with Crippen LogP contribution in [0.4, 0.5) is 16.3 Å². The molecule has 36 heavy (non-hydrogen) atoms. The maximum absolute atomic E-state index is 12.6. The Bertz CT molecular complexity index is 1360. The highest BCUT2D eigenvalue weighted by Crippen LogP contribution is 2.20. The van der Waals surface area contributed by atoms with Gasteiger partial charge in [0.05, 0.1) is 12.3 Å².